The molecule has 1 aliphatic heterocycles. The molecule has 2 heterocycles. The smallest absolute Gasteiger partial charge is 0.244 e. The van der Waals surface area contributed by atoms with Crippen molar-refractivity contribution < 1.29 is 4.79 Å². The van der Waals surface area contributed by atoms with Gasteiger partial charge in [0.15, 0.2) is 0 Å². The van der Waals surface area contributed by atoms with Crippen LogP contribution in [0.25, 0.3) is 0 Å². The SMILES string of the molecule is CCCCN1CCN(C(Cc2ccc(C#N)cc2)c2cnc[nH]2)[C@@H](c2cccc(C)c2C)C1=O. The molecule has 4 rings (SSSR count). The van der Waals surface area contributed by atoms with Crippen LogP contribution in [0.4, 0.5) is 0 Å². The number of hydrogen-bond acceptors (Lipinski definition) is 4. The van der Waals surface area contributed by atoms with E-state index in [1.165, 1.54) is 11.1 Å². The second kappa shape index (κ2) is 10.7. The third-order valence-electron chi connectivity index (χ3n) is 7.02. The summed E-state index contributed by atoms with van der Waals surface area (Å²) in [4.78, 5) is 25.9. The molecular weight excluding hydrogens is 422 g/mol. The Hall–Kier alpha value is -3.43. The van der Waals surface area contributed by atoms with Crippen LogP contribution < -0.4 is 0 Å². The fourth-order valence-electron chi connectivity index (χ4n) is 4.87. The number of aromatic nitrogens is 2. The van der Waals surface area contributed by atoms with E-state index in [0.29, 0.717) is 5.56 Å². The lowest BCUT2D eigenvalue weighted by Gasteiger charge is -2.45. The van der Waals surface area contributed by atoms with Gasteiger partial charge in [0.1, 0.15) is 6.04 Å². The van der Waals surface area contributed by atoms with Crippen LogP contribution in [0.3, 0.4) is 0 Å². The predicted molar refractivity (Wildman–Crippen MR) is 133 cm³/mol. The topological polar surface area (TPSA) is 76.0 Å². The van der Waals surface area contributed by atoms with Gasteiger partial charge in [0, 0.05) is 25.8 Å². The molecule has 1 saturated heterocycles. The number of carbonyl (C=O) groups excluding carboxylic acids is 1. The number of carbonyl (C=O) groups is 1. The molecule has 1 amide bonds. The summed E-state index contributed by atoms with van der Waals surface area (Å²) in [6.07, 6.45) is 6.37. The predicted octanol–water partition coefficient (Wildman–Crippen LogP) is 4.87. The van der Waals surface area contributed by atoms with Gasteiger partial charge in [0.2, 0.25) is 5.91 Å². The highest BCUT2D eigenvalue weighted by Crippen LogP contribution is 2.37. The lowest BCUT2D eigenvalue weighted by Crippen LogP contribution is -2.53. The largest absolute Gasteiger partial charge is 0.347 e. The molecule has 1 fully saturated rings. The second-order valence-electron chi connectivity index (χ2n) is 9.14. The minimum absolute atomic E-state index is 0.0439. The van der Waals surface area contributed by atoms with Crippen molar-refractivity contribution in [2.75, 3.05) is 19.6 Å². The quantitative estimate of drug-likeness (QED) is 0.526. The lowest BCUT2D eigenvalue weighted by atomic mass is 9.91. The highest BCUT2D eigenvalue weighted by atomic mass is 16.2. The van der Waals surface area contributed by atoms with Crippen molar-refractivity contribution in [2.24, 2.45) is 0 Å². The molecule has 6 heteroatoms. The Bertz CT molecular complexity index is 1150. The van der Waals surface area contributed by atoms with Gasteiger partial charge in [0.25, 0.3) is 0 Å². The molecule has 6 nitrogen and oxygen atoms in total. The van der Waals surface area contributed by atoms with Crippen molar-refractivity contribution in [2.45, 2.75) is 52.1 Å². The average molecular weight is 456 g/mol. The van der Waals surface area contributed by atoms with Crippen LogP contribution in [0.2, 0.25) is 0 Å². The molecule has 2 aromatic carbocycles. The Balaban J connectivity index is 1.75. The molecule has 3 aromatic rings. The van der Waals surface area contributed by atoms with Crippen molar-refractivity contribution >= 4 is 5.91 Å². The van der Waals surface area contributed by atoms with E-state index in [2.05, 4.69) is 59.9 Å². The van der Waals surface area contributed by atoms with Crippen LogP contribution in [-0.2, 0) is 11.2 Å². The Morgan fingerprint density at radius 2 is 1.97 bits per heavy atom. The third kappa shape index (κ3) is 4.90. The summed E-state index contributed by atoms with van der Waals surface area (Å²) in [6.45, 7) is 8.69. The molecule has 0 aliphatic carbocycles. The van der Waals surface area contributed by atoms with E-state index in [-0.39, 0.29) is 18.0 Å². The number of amides is 1. The summed E-state index contributed by atoms with van der Waals surface area (Å²) in [5, 5.41) is 9.18. The molecule has 1 N–H and O–H groups in total. The van der Waals surface area contributed by atoms with Crippen LogP contribution in [0.15, 0.2) is 55.0 Å². The molecule has 1 unspecified atom stereocenters. The van der Waals surface area contributed by atoms with Crippen LogP contribution in [-0.4, -0.2) is 45.3 Å². The lowest BCUT2D eigenvalue weighted by molar-refractivity contribution is -0.144. The normalized spacial score (nSPS) is 17.5. The Labute approximate surface area is 202 Å². The maximum Gasteiger partial charge on any atom is 0.244 e. The minimum Gasteiger partial charge on any atom is -0.347 e. The first-order valence-electron chi connectivity index (χ1n) is 12.1. The number of benzene rings is 2. The molecule has 0 radical (unpaired) electrons. The van der Waals surface area contributed by atoms with E-state index in [1.807, 2.05) is 35.4 Å². The number of nitriles is 1. The number of rotatable bonds is 8. The number of H-pyrrole nitrogens is 1. The van der Waals surface area contributed by atoms with E-state index in [4.69, 9.17) is 0 Å². The molecule has 1 aliphatic rings. The summed E-state index contributed by atoms with van der Waals surface area (Å²) >= 11 is 0. The second-order valence-corrected chi connectivity index (χ2v) is 9.14. The van der Waals surface area contributed by atoms with Crippen LogP contribution in [0.5, 0.6) is 0 Å². The summed E-state index contributed by atoms with van der Waals surface area (Å²) in [7, 11) is 0. The van der Waals surface area contributed by atoms with Crippen molar-refractivity contribution in [3.63, 3.8) is 0 Å². The molecule has 2 atom stereocenters. The average Bonchev–Trinajstić information content (AvgIpc) is 3.39. The molecule has 0 bridgehead atoms. The molecule has 1 aromatic heterocycles. The fourth-order valence-corrected chi connectivity index (χ4v) is 4.87. The molecule has 0 spiro atoms. The van der Waals surface area contributed by atoms with E-state index in [1.54, 1.807) is 6.33 Å². The van der Waals surface area contributed by atoms with E-state index in [0.717, 1.165) is 55.7 Å². The minimum atomic E-state index is -0.350. The Kier molecular flexibility index (Phi) is 7.44. The van der Waals surface area contributed by atoms with Gasteiger partial charge in [-0.1, -0.05) is 43.7 Å². The Morgan fingerprint density at radius 3 is 2.65 bits per heavy atom. The summed E-state index contributed by atoms with van der Waals surface area (Å²) in [6, 6.07) is 15.8. The van der Waals surface area contributed by atoms with E-state index >= 15 is 0 Å². The van der Waals surface area contributed by atoms with Crippen LogP contribution in [0.1, 0.15) is 65.4 Å². The van der Waals surface area contributed by atoms with Gasteiger partial charge in [-0.05, 0) is 61.1 Å². The number of aryl methyl sites for hydroxylation is 1. The third-order valence-corrected chi connectivity index (χ3v) is 7.02. The highest BCUT2D eigenvalue weighted by Gasteiger charge is 2.40. The van der Waals surface area contributed by atoms with Crippen molar-refractivity contribution in [1.82, 2.24) is 19.8 Å². The van der Waals surface area contributed by atoms with Crippen LogP contribution >= 0.6 is 0 Å². The number of unbranched alkanes of at least 4 members (excludes halogenated alkanes) is 1. The maximum atomic E-state index is 13.9. The zero-order valence-electron chi connectivity index (χ0n) is 20.3. The number of nitrogens with one attached hydrogen (secondary N) is 1. The van der Waals surface area contributed by atoms with Gasteiger partial charge < -0.3 is 9.88 Å². The first kappa shape index (κ1) is 23.7. The van der Waals surface area contributed by atoms with Gasteiger partial charge in [-0.25, -0.2) is 4.98 Å². The first-order chi connectivity index (χ1) is 16.5. The zero-order chi connectivity index (χ0) is 24.1. The van der Waals surface area contributed by atoms with Gasteiger partial charge >= 0.3 is 0 Å². The van der Waals surface area contributed by atoms with Gasteiger partial charge in [-0.15, -0.1) is 0 Å². The molecule has 0 saturated carbocycles. The zero-order valence-corrected chi connectivity index (χ0v) is 20.3. The molecule has 176 valence electrons. The monoisotopic (exact) mass is 455 g/mol. The first-order valence-corrected chi connectivity index (χ1v) is 12.1. The van der Waals surface area contributed by atoms with E-state index in [9.17, 15) is 10.1 Å². The van der Waals surface area contributed by atoms with Gasteiger partial charge in [-0.2, -0.15) is 5.26 Å². The Morgan fingerprint density at radius 1 is 1.18 bits per heavy atom. The molecular formula is C28H33N5O. The van der Waals surface area contributed by atoms with E-state index < -0.39 is 0 Å². The fraction of sp³-hybridized carbons (Fsp3) is 0.393. The number of nitrogens with zero attached hydrogens (tertiary/aromatic N) is 4. The summed E-state index contributed by atoms with van der Waals surface area (Å²) < 4.78 is 0. The standard InChI is InChI=1S/C28H33N5O/c1-4-5-13-32-14-15-33(27(28(32)34)24-8-6-7-20(2)21(24)3)26(25-18-30-19-31-25)16-22-9-11-23(17-29)12-10-22/h6-12,18-19,26-27H,4-5,13-16H2,1-3H3,(H,30,31)/t26?,27-/m0/s1. The number of aromatic amines is 1. The van der Waals surface area contributed by atoms with Crippen LogP contribution in [0, 0.1) is 25.2 Å². The van der Waals surface area contributed by atoms with Crippen molar-refractivity contribution in [3.8, 4) is 6.07 Å². The van der Waals surface area contributed by atoms with Crippen molar-refractivity contribution in [3.05, 3.63) is 88.5 Å². The number of piperazine rings is 1. The van der Waals surface area contributed by atoms with Gasteiger partial charge in [0.05, 0.1) is 29.7 Å². The maximum absolute atomic E-state index is 13.9. The summed E-state index contributed by atoms with van der Waals surface area (Å²) in [5.41, 5.74) is 6.21. The highest BCUT2D eigenvalue weighted by molar-refractivity contribution is 5.84. The molecule has 34 heavy (non-hydrogen) atoms. The summed E-state index contributed by atoms with van der Waals surface area (Å²) in [5.74, 6) is 0.178. The van der Waals surface area contributed by atoms with Gasteiger partial charge in [-0.3, -0.25) is 9.69 Å². The van der Waals surface area contributed by atoms with Crippen molar-refractivity contribution in [1.29, 1.82) is 5.26 Å². The number of hydrogen-bond donors (Lipinski definition) is 1. The number of imidazole rings is 1.